The molecule has 2 N–H and O–H groups in total. The van der Waals surface area contributed by atoms with Crippen molar-refractivity contribution in [3.8, 4) is 5.69 Å². The van der Waals surface area contributed by atoms with Gasteiger partial charge in [0.25, 0.3) is 0 Å². The number of H-pyrrole nitrogens is 1. The topological polar surface area (TPSA) is 105 Å². The molecule has 1 aliphatic carbocycles. The molecule has 8 nitrogen and oxygen atoms in total. The number of aromatic amines is 1. The number of fused-ring (bicyclic) bond motifs is 1. The number of aryl methyl sites for hydroxylation is 1. The van der Waals surface area contributed by atoms with Crippen molar-refractivity contribution in [1.82, 2.24) is 5.27 Å². The number of benzene rings is 1. The Morgan fingerprint density at radius 2 is 2.00 bits per heavy atom. The number of esters is 1. The van der Waals surface area contributed by atoms with E-state index in [0.29, 0.717) is 16.3 Å². The molecule has 0 fully saturated rings. The maximum atomic E-state index is 12.7. The van der Waals surface area contributed by atoms with E-state index in [9.17, 15) is 14.4 Å². The predicted molar refractivity (Wildman–Crippen MR) is 117 cm³/mol. The molecule has 0 saturated carbocycles. The zero-order chi connectivity index (χ0) is 21.8. The van der Waals surface area contributed by atoms with Crippen LogP contribution in [0.25, 0.3) is 5.69 Å². The van der Waals surface area contributed by atoms with Gasteiger partial charge in [-0.25, -0.2) is 9.59 Å². The van der Waals surface area contributed by atoms with Crippen LogP contribution in [0.4, 0.5) is 5.00 Å². The molecule has 2 heterocycles. The standard InChI is InChI=1S/C21H21N3O5S2/c1-28-20(26)17-14-10-6-3-7-11-15(14)31-18(17)22-16(25)12-30-19-21(27)29-23-24(19)13-8-4-2-5-9-13/h2,4-5,8-9H,3,6-7,10-12H2,1H3,(H-,22,23,25,26,27)/p+1. The third-order valence-electron chi connectivity index (χ3n) is 5.03. The van der Waals surface area contributed by atoms with Gasteiger partial charge >= 0.3 is 16.6 Å². The summed E-state index contributed by atoms with van der Waals surface area (Å²) in [6, 6.07) is 9.17. The first kappa shape index (κ1) is 21.4. The summed E-state index contributed by atoms with van der Waals surface area (Å²) >= 11 is 2.50. The van der Waals surface area contributed by atoms with Crippen molar-refractivity contribution >= 4 is 40.0 Å². The van der Waals surface area contributed by atoms with Gasteiger partial charge < -0.3 is 10.1 Å². The number of aromatic nitrogens is 2. The molecule has 10 heteroatoms. The number of ether oxygens (including phenoxy) is 1. The second-order valence-corrected chi connectivity index (χ2v) is 9.12. The largest absolute Gasteiger partial charge is 0.465 e. The van der Waals surface area contributed by atoms with Gasteiger partial charge in [0.05, 0.1) is 18.4 Å². The molecular formula is C21H22N3O5S2+. The number of nitrogens with zero attached hydrogens (tertiary/aromatic N) is 1. The molecule has 0 saturated heterocycles. The van der Waals surface area contributed by atoms with Crippen LogP contribution in [0, 0.1) is 0 Å². The van der Waals surface area contributed by atoms with Gasteiger partial charge in [0.15, 0.2) is 0 Å². The highest BCUT2D eigenvalue weighted by molar-refractivity contribution is 7.99. The number of anilines is 1. The summed E-state index contributed by atoms with van der Waals surface area (Å²) in [6.07, 6.45) is 4.92. The maximum Gasteiger partial charge on any atom is 0.442 e. The van der Waals surface area contributed by atoms with E-state index in [-0.39, 0.29) is 16.7 Å². The van der Waals surface area contributed by atoms with Crippen molar-refractivity contribution in [2.24, 2.45) is 0 Å². The molecule has 1 amide bonds. The molecule has 1 aromatic carbocycles. The van der Waals surface area contributed by atoms with E-state index in [1.54, 1.807) is 0 Å². The van der Waals surface area contributed by atoms with Crippen molar-refractivity contribution in [1.29, 1.82) is 0 Å². The van der Waals surface area contributed by atoms with Gasteiger partial charge in [-0.1, -0.05) is 24.6 Å². The number of hydrogen-bond acceptors (Lipinski definition) is 7. The lowest BCUT2D eigenvalue weighted by Crippen LogP contribution is -2.36. The summed E-state index contributed by atoms with van der Waals surface area (Å²) in [6.45, 7) is 0. The van der Waals surface area contributed by atoms with Crippen molar-refractivity contribution < 1.29 is 23.5 Å². The zero-order valence-electron chi connectivity index (χ0n) is 16.9. The molecule has 0 bridgehead atoms. The molecule has 2 aromatic heterocycles. The molecule has 31 heavy (non-hydrogen) atoms. The number of carbonyl (C=O) groups excluding carboxylic acids is 2. The van der Waals surface area contributed by atoms with Crippen molar-refractivity contribution in [3.63, 3.8) is 0 Å². The predicted octanol–water partition coefficient (Wildman–Crippen LogP) is 3.09. The second kappa shape index (κ2) is 9.52. The monoisotopic (exact) mass is 460 g/mol. The van der Waals surface area contributed by atoms with Gasteiger partial charge in [-0.3, -0.25) is 9.32 Å². The molecule has 4 rings (SSSR count). The van der Waals surface area contributed by atoms with Crippen LogP contribution in [0.15, 0.2) is 44.7 Å². The van der Waals surface area contributed by atoms with E-state index in [4.69, 9.17) is 9.26 Å². The van der Waals surface area contributed by atoms with Gasteiger partial charge in [-0.15, -0.1) is 11.3 Å². The normalized spacial score (nSPS) is 13.3. The van der Waals surface area contributed by atoms with E-state index in [0.717, 1.165) is 54.3 Å². The van der Waals surface area contributed by atoms with Crippen LogP contribution in [0.3, 0.4) is 0 Å². The zero-order valence-corrected chi connectivity index (χ0v) is 18.6. The Labute approximate surface area is 186 Å². The molecule has 0 radical (unpaired) electrons. The average Bonchev–Trinajstić information content (AvgIpc) is 3.23. The number of methoxy groups -OCH3 is 1. The fourth-order valence-electron chi connectivity index (χ4n) is 3.58. The van der Waals surface area contributed by atoms with Crippen LogP contribution < -0.4 is 15.6 Å². The summed E-state index contributed by atoms with van der Waals surface area (Å²) < 4.78 is 11.4. The lowest BCUT2D eigenvalue weighted by Gasteiger charge is -2.06. The minimum absolute atomic E-state index is 0.0153. The van der Waals surface area contributed by atoms with Crippen LogP contribution in [-0.4, -0.2) is 30.0 Å². The lowest BCUT2D eigenvalue weighted by molar-refractivity contribution is -0.704. The number of nitrogens with one attached hydrogen (secondary N) is 2. The van der Waals surface area contributed by atoms with E-state index >= 15 is 0 Å². The number of hydrogen-bond donors (Lipinski definition) is 2. The summed E-state index contributed by atoms with van der Waals surface area (Å²) in [5, 5.41) is 6.18. The highest BCUT2D eigenvalue weighted by Crippen LogP contribution is 2.38. The van der Waals surface area contributed by atoms with E-state index in [1.807, 2.05) is 30.3 Å². The number of amides is 1. The summed E-state index contributed by atoms with van der Waals surface area (Å²) in [4.78, 5) is 38.3. The SMILES string of the molecule is COC(=O)c1c(NC(=O)CSc2c(=O)o[nH][n+]2-c2ccccc2)sc2c1CCCCC2. The molecule has 0 aliphatic heterocycles. The van der Waals surface area contributed by atoms with Crippen molar-refractivity contribution in [3.05, 3.63) is 56.8 Å². The maximum absolute atomic E-state index is 12.7. The Kier molecular flexibility index (Phi) is 6.57. The minimum Gasteiger partial charge on any atom is -0.465 e. The number of carbonyl (C=O) groups is 2. The molecule has 0 spiro atoms. The molecule has 3 aromatic rings. The van der Waals surface area contributed by atoms with E-state index in [2.05, 4.69) is 10.6 Å². The number of thiophene rings is 1. The molecule has 162 valence electrons. The Morgan fingerprint density at radius 1 is 1.23 bits per heavy atom. The van der Waals surface area contributed by atoms with E-state index < -0.39 is 11.6 Å². The number of para-hydroxylation sites is 1. The summed E-state index contributed by atoms with van der Waals surface area (Å²) in [5.41, 5.74) is 1.61. The van der Waals surface area contributed by atoms with Gasteiger partial charge in [0.2, 0.25) is 11.6 Å². The molecular weight excluding hydrogens is 438 g/mol. The average molecular weight is 461 g/mol. The summed E-state index contributed by atoms with van der Waals surface area (Å²) in [5.74, 6) is -0.763. The molecule has 1 aliphatic rings. The van der Waals surface area contributed by atoms with E-state index in [1.165, 1.54) is 23.1 Å². The lowest BCUT2D eigenvalue weighted by atomic mass is 10.1. The minimum atomic E-state index is -0.556. The third kappa shape index (κ3) is 4.59. The Morgan fingerprint density at radius 3 is 2.77 bits per heavy atom. The van der Waals surface area contributed by atoms with Crippen LogP contribution >= 0.6 is 23.1 Å². The van der Waals surface area contributed by atoms with Crippen molar-refractivity contribution in [2.75, 3.05) is 18.2 Å². The first-order valence-corrected chi connectivity index (χ1v) is 11.7. The Balaban J connectivity index is 1.51. The molecule has 0 atom stereocenters. The fraction of sp³-hybridized carbons (Fsp3) is 0.333. The smallest absolute Gasteiger partial charge is 0.442 e. The Hall–Kier alpha value is -2.85. The highest BCUT2D eigenvalue weighted by Gasteiger charge is 2.28. The molecule has 0 unspecified atom stereocenters. The fourth-order valence-corrected chi connectivity index (χ4v) is 5.64. The van der Waals surface area contributed by atoms with Gasteiger partial charge in [0, 0.05) is 17.0 Å². The van der Waals surface area contributed by atoms with Gasteiger partial charge in [0.1, 0.15) is 5.00 Å². The number of rotatable bonds is 6. The quantitative estimate of drug-likeness (QED) is 0.253. The van der Waals surface area contributed by atoms with Crippen molar-refractivity contribution in [2.45, 2.75) is 37.1 Å². The number of thioether (sulfide) groups is 1. The Bertz CT molecular complexity index is 1150. The summed E-state index contributed by atoms with van der Waals surface area (Å²) in [7, 11) is 1.35. The first-order chi connectivity index (χ1) is 15.1. The van der Waals surface area contributed by atoms with Crippen LogP contribution in [0.1, 0.15) is 40.1 Å². The first-order valence-electron chi connectivity index (χ1n) is 9.93. The van der Waals surface area contributed by atoms with Gasteiger partial charge in [-0.2, -0.15) is 0 Å². The van der Waals surface area contributed by atoms with Crippen LogP contribution in [0.2, 0.25) is 0 Å². The van der Waals surface area contributed by atoms with Crippen LogP contribution in [-0.2, 0) is 22.4 Å². The van der Waals surface area contributed by atoms with Gasteiger partial charge in [-0.05, 0) is 53.0 Å². The highest BCUT2D eigenvalue weighted by atomic mass is 32.2. The second-order valence-electron chi connectivity index (χ2n) is 7.05. The third-order valence-corrected chi connectivity index (χ3v) is 7.26. The van der Waals surface area contributed by atoms with Crippen LogP contribution in [0.5, 0.6) is 0 Å².